The van der Waals surface area contributed by atoms with Crippen LogP contribution in [0.15, 0.2) is 58.8 Å². The van der Waals surface area contributed by atoms with Gasteiger partial charge in [0, 0.05) is 42.7 Å². The molecule has 172 valence electrons. The van der Waals surface area contributed by atoms with E-state index in [1.165, 1.54) is 28.2 Å². The number of hydrogen-bond acceptors (Lipinski definition) is 7. The first kappa shape index (κ1) is 22.2. The lowest BCUT2D eigenvalue weighted by Crippen LogP contribution is -2.35. The molecule has 0 bridgehead atoms. The molecule has 0 spiro atoms. The predicted octanol–water partition coefficient (Wildman–Crippen LogP) is 3.82. The number of carbonyl (C=O) groups is 1. The second-order valence-corrected chi connectivity index (χ2v) is 11.2. The monoisotopic (exact) mass is 483 g/mol. The molecule has 1 aliphatic carbocycles. The second-order valence-electron chi connectivity index (χ2n) is 8.34. The average molecular weight is 484 g/mol. The van der Waals surface area contributed by atoms with Crippen molar-refractivity contribution in [2.24, 2.45) is 0 Å². The smallest absolute Gasteiger partial charge is 0.243 e. The van der Waals surface area contributed by atoms with Crippen molar-refractivity contribution in [2.75, 3.05) is 18.8 Å². The van der Waals surface area contributed by atoms with E-state index in [4.69, 9.17) is 0 Å². The van der Waals surface area contributed by atoms with Gasteiger partial charge in [-0.25, -0.2) is 8.42 Å². The fraction of sp³-hybridized carbons (Fsp3) is 0.391. The Balaban J connectivity index is 1.28. The minimum atomic E-state index is -3.50. The third-order valence-electron chi connectivity index (χ3n) is 5.98. The fourth-order valence-corrected chi connectivity index (χ4v) is 6.43. The van der Waals surface area contributed by atoms with Crippen LogP contribution in [0.5, 0.6) is 0 Å². The minimum Gasteiger partial charge on any atom is -0.299 e. The van der Waals surface area contributed by atoms with Crippen LogP contribution in [0, 0.1) is 0 Å². The van der Waals surface area contributed by atoms with E-state index < -0.39 is 10.0 Å². The first-order valence-electron chi connectivity index (χ1n) is 11.2. The molecule has 0 atom stereocenters. The van der Waals surface area contributed by atoms with Gasteiger partial charge < -0.3 is 0 Å². The maximum absolute atomic E-state index is 12.8. The van der Waals surface area contributed by atoms with Crippen molar-refractivity contribution < 1.29 is 13.2 Å². The van der Waals surface area contributed by atoms with Gasteiger partial charge in [-0.3, -0.25) is 14.3 Å². The van der Waals surface area contributed by atoms with Crippen LogP contribution in [0.1, 0.15) is 48.5 Å². The first-order valence-corrected chi connectivity index (χ1v) is 13.6. The third-order valence-corrected chi connectivity index (χ3v) is 8.83. The molecule has 10 heteroatoms. The average Bonchev–Trinajstić information content (AvgIpc) is 3.62. The van der Waals surface area contributed by atoms with Crippen molar-refractivity contribution >= 4 is 27.6 Å². The maximum atomic E-state index is 12.8. The minimum absolute atomic E-state index is 0.0715. The van der Waals surface area contributed by atoms with Crippen molar-refractivity contribution in [3.8, 4) is 11.4 Å². The summed E-state index contributed by atoms with van der Waals surface area (Å²) in [6.45, 7) is 1.12. The summed E-state index contributed by atoms with van der Waals surface area (Å²) < 4.78 is 29.3. The summed E-state index contributed by atoms with van der Waals surface area (Å²) in [6, 6.07) is 10.5. The molecule has 0 amide bonds. The van der Waals surface area contributed by atoms with E-state index in [1.54, 1.807) is 24.5 Å². The highest BCUT2D eigenvalue weighted by Gasteiger charge is 2.30. The summed E-state index contributed by atoms with van der Waals surface area (Å²) in [7, 11) is -3.50. The Morgan fingerprint density at radius 2 is 1.67 bits per heavy atom. The maximum Gasteiger partial charge on any atom is 0.243 e. The summed E-state index contributed by atoms with van der Waals surface area (Å²) in [5, 5.41) is 9.42. The molecule has 3 heterocycles. The van der Waals surface area contributed by atoms with Crippen LogP contribution in [0.25, 0.3) is 11.4 Å². The van der Waals surface area contributed by atoms with Gasteiger partial charge in [0.1, 0.15) is 0 Å². The molecule has 0 unspecified atom stereocenters. The quantitative estimate of drug-likeness (QED) is 0.355. The van der Waals surface area contributed by atoms with Gasteiger partial charge in [-0.1, -0.05) is 30.3 Å². The van der Waals surface area contributed by atoms with Gasteiger partial charge >= 0.3 is 0 Å². The van der Waals surface area contributed by atoms with E-state index in [0.717, 1.165) is 48.6 Å². The Morgan fingerprint density at radius 1 is 0.970 bits per heavy atom. The van der Waals surface area contributed by atoms with Gasteiger partial charge in [0.15, 0.2) is 16.8 Å². The molecule has 2 aromatic heterocycles. The molecule has 1 aromatic carbocycles. The van der Waals surface area contributed by atoms with E-state index in [9.17, 15) is 13.2 Å². The van der Waals surface area contributed by atoms with E-state index >= 15 is 0 Å². The van der Waals surface area contributed by atoms with Crippen LogP contribution >= 0.6 is 11.8 Å². The number of piperidine rings is 1. The third kappa shape index (κ3) is 4.73. The standard InChI is InChI=1S/C23H25N5O3S2/c29-21(17-4-8-20(9-5-17)33(30,31)27-14-2-1-3-15-27)16-32-23-26-25-22(28(23)19-6-7-19)18-10-12-24-13-11-18/h4-5,8-13,19H,1-3,6-7,14-16H2. The molecule has 2 fully saturated rings. The van der Waals surface area contributed by atoms with Crippen molar-refractivity contribution in [3.05, 3.63) is 54.4 Å². The summed E-state index contributed by atoms with van der Waals surface area (Å²) in [5.74, 6) is 0.930. The normalized spacial score (nSPS) is 17.2. The lowest BCUT2D eigenvalue weighted by Gasteiger charge is -2.25. The Morgan fingerprint density at radius 3 is 2.33 bits per heavy atom. The Bertz CT molecular complexity index is 1230. The number of benzene rings is 1. The largest absolute Gasteiger partial charge is 0.299 e. The molecule has 0 radical (unpaired) electrons. The number of aromatic nitrogens is 4. The summed E-state index contributed by atoms with van der Waals surface area (Å²) >= 11 is 1.36. The van der Waals surface area contributed by atoms with Crippen LogP contribution in [0.3, 0.4) is 0 Å². The molecule has 1 saturated heterocycles. The van der Waals surface area contributed by atoms with Gasteiger partial charge in [-0.2, -0.15) is 4.31 Å². The molecule has 5 rings (SSSR count). The number of thioether (sulfide) groups is 1. The van der Waals surface area contributed by atoms with Gasteiger partial charge in [0.25, 0.3) is 0 Å². The Labute approximate surface area is 197 Å². The van der Waals surface area contributed by atoms with E-state index in [2.05, 4.69) is 19.7 Å². The SMILES string of the molecule is O=C(CSc1nnc(-c2ccncc2)n1C1CC1)c1ccc(S(=O)(=O)N2CCCCC2)cc1. The summed E-state index contributed by atoms with van der Waals surface area (Å²) in [6.07, 6.45) is 8.45. The first-order chi connectivity index (χ1) is 16.0. The molecule has 0 N–H and O–H groups in total. The topological polar surface area (TPSA) is 98.0 Å². The van der Waals surface area contributed by atoms with E-state index in [0.29, 0.717) is 24.7 Å². The van der Waals surface area contributed by atoms with Crippen molar-refractivity contribution in [1.29, 1.82) is 0 Å². The van der Waals surface area contributed by atoms with Crippen LogP contribution in [-0.2, 0) is 10.0 Å². The molecular formula is C23H25N5O3S2. The number of hydrogen-bond donors (Lipinski definition) is 0. The second kappa shape index (κ2) is 9.36. The summed E-state index contributed by atoms with van der Waals surface area (Å²) in [5.41, 5.74) is 1.44. The number of nitrogens with zero attached hydrogens (tertiary/aromatic N) is 5. The van der Waals surface area contributed by atoms with Crippen LogP contribution in [-0.4, -0.2) is 57.1 Å². The van der Waals surface area contributed by atoms with E-state index in [-0.39, 0.29) is 16.4 Å². The Hall–Kier alpha value is -2.56. The molecular weight excluding hydrogens is 458 g/mol. The molecule has 3 aromatic rings. The number of ketones is 1. The zero-order valence-corrected chi connectivity index (χ0v) is 19.8. The highest BCUT2D eigenvalue weighted by molar-refractivity contribution is 7.99. The molecule has 33 heavy (non-hydrogen) atoms. The Kier molecular flexibility index (Phi) is 6.31. The van der Waals surface area contributed by atoms with Crippen LogP contribution in [0.2, 0.25) is 0 Å². The number of Topliss-reactive ketones (excluding diaryl/α,β-unsaturated/α-hetero) is 1. The predicted molar refractivity (Wildman–Crippen MR) is 126 cm³/mol. The molecule has 2 aliphatic rings. The van der Waals surface area contributed by atoms with Crippen molar-refractivity contribution in [2.45, 2.75) is 48.2 Å². The zero-order valence-electron chi connectivity index (χ0n) is 18.1. The lowest BCUT2D eigenvalue weighted by atomic mass is 10.1. The lowest BCUT2D eigenvalue weighted by molar-refractivity contribution is 0.102. The zero-order chi connectivity index (χ0) is 22.8. The van der Waals surface area contributed by atoms with Crippen LogP contribution < -0.4 is 0 Å². The number of rotatable bonds is 8. The van der Waals surface area contributed by atoms with Gasteiger partial charge in [-0.05, 0) is 49.9 Å². The van der Waals surface area contributed by atoms with Crippen molar-refractivity contribution in [1.82, 2.24) is 24.1 Å². The van der Waals surface area contributed by atoms with Crippen molar-refractivity contribution in [3.63, 3.8) is 0 Å². The van der Waals surface area contributed by atoms with E-state index in [1.807, 2.05) is 12.1 Å². The highest BCUT2D eigenvalue weighted by Crippen LogP contribution is 2.41. The number of carbonyl (C=O) groups excluding carboxylic acids is 1. The number of sulfonamides is 1. The molecule has 8 nitrogen and oxygen atoms in total. The van der Waals surface area contributed by atoms with Gasteiger partial charge in [-0.15, -0.1) is 10.2 Å². The number of pyridine rings is 1. The fourth-order valence-electron chi connectivity index (χ4n) is 4.02. The van der Waals surface area contributed by atoms with Crippen LogP contribution in [0.4, 0.5) is 0 Å². The molecule has 1 aliphatic heterocycles. The molecule has 1 saturated carbocycles. The summed E-state index contributed by atoms with van der Waals surface area (Å²) in [4.78, 5) is 17.1. The van der Waals surface area contributed by atoms with Gasteiger partial charge in [0.2, 0.25) is 10.0 Å². The van der Waals surface area contributed by atoms with Gasteiger partial charge in [0.05, 0.1) is 10.6 Å². The highest BCUT2D eigenvalue weighted by atomic mass is 32.2.